The summed E-state index contributed by atoms with van der Waals surface area (Å²) in [4.78, 5) is 12.8. The Bertz CT molecular complexity index is 499. The summed E-state index contributed by atoms with van der Waals surface area (Å²) < 4.78 is 1.75. The smallest absolute Gasteiger partial charge is 0.261 e. The van der Waals surface area contributed by atoms with E-state index in [2.05, 4.69) is 42.3 Å². The first-order valence-electron chi connectivity index (χ1n) is 5.76. The van der Waals surface area contributed by atoms with Crippen LogP contribution in [0, 0.1) is 5.92 Å². The number of nitrogens with zero attached hydrogens (tertiary/aromatic N) is 1. The number of amides is 1. The van der Waals surface area contributed by atoms with E-state index in [1.807, 2.05) is 0 Å². The third-order valence-corrected chi connectivity index (χ3v) is 6.45. The molecule has 8 heteroatoms. The summed E-state index contributed by atoms with van der Waals surface area (Å²) in [6, 6.07) is 1.71. The van der Waals surface area contributed by atoms with Gasteiger partial charge in [0.05, 0.1) is 8.66 Å². The Morgan fingerprint density at radius 1 is 1.53 bits per heavy atom. The van der Waals surface area contributed by atoms with E-state index in [1.165, 1.54) is 11.3 Å². The van der Waals surface area contributed by atoms with Crippen LogP contribution in [0.25, 0.3) is 0 Å². The Balaban J connectivity index is 2.06. The zero-order valence-electron chi connectivity index (χ0n) is 9.90. The van der Waals surface area contributed by atoms with Gasteiger partial charge < -0.3 is 16.3 Å². The number of rotatable bonds is 3. The minimum absolute atomic E-state index is 0.0666. The van der Waals surface area contributed by atoms with Crippen LogP contribution in [-0.4, -0.2) is 23.0 Å². The van der Waals surface area contributed by atoms with Crippen molar-refractivity contribution in [2.75, 3.05) is 0 Å². The highest BCUT2D eigenvalue weighted by molar-refractivity contribution is 9.13. The number of nitrogens with two attached hydrogens (primary N) is 1. The fraction of sp³-hybridized carbons (Fsp3) is 0.455. The van der Waals surface area contributed by atoms with Crippen molar-refractivity contribution in [3.63, 3.8) is 0 Å². The van der Waals surface area contributed by atoms with E-state index >= 15 is 0 Å². The van der Waals surface area contributed by atoms with Gasteiger partial charge in [0.2, 0.25) is 0 Å². The van der Waals surface area contributed by atoms with Crippen molar-refractivity contribution in [2.24, 2.45) is 16.8 Å². The normalized spacial score (nSPS) is 23.6. The van der Waals surface area contributed by atoms with Crippen molar-refractivity contribution in [1.82, 2.24) is 5.32 Å². The fourth-order valence-electron chi connectivity index (χ4n) is 2.26. The monoisotopic (exact) mass is 409 g/mol. The van der Waals surface area contributed by atoms with E-state index in [0.29, 0.717) is 4.88 Å². The van der Waals surface area contributed by atoms with Gasteiger partial charge in [0.1, 0.15) is 5.84 Å². The zero-order valence-corrected chi connectivity index (χ0v) is 13.9. The lowest BCUT2D eigenvalue weighted by atomic mass is 10.0. The number of oxime groups is 1. The molecule has 0 saturated heterocycles. The third kappa shape index (κ3) is 3.29. The third-order valence-electron chi connectivity index (χ3n) is 3.20. The van der Waals surface area contributed by atoms with E-state index in [1.54, 1.807) is 6.07 Å². The molecular formula is C11H13Br2N3O2S. The second-order valence-corrected chi connectivity index (χ2v) is 7.60. The second kappa shape index (κ2) is 6.23. The number of thiophene rings is 1. The highest BCUT2D eigenvalue weighted by Gasteiger charge is 2.32. The van der Waals surface area contributed by atoms with Crippen LogP contribution in [-0.2, 0) is 0 Å². The molecule has 2 atom stereocenters. The number of hydrogen-bond donors (Lipinski definition) is 3. The van der Waals surface area contributed by atoms with Crippen LogP contribution in [0.5, 0.6) is 0 Å². The molecule has 1 aromatic heterocycles. The quantitative estimate of drug-likeness (QED) is 0.310. The molecule has 0 aliphatic heterocycles. The molecule has 19 heavy (non-hydrogen) atoms. The number of hydrogen-bond acceptors (Lipinski definition) is 4. The molecule has 2 unspecified atom stereocenters. The highest BCUT2D eigenvalue weighted by Crippen LogP contribution is 2.33. The highest BCUT2D eigenvalue weighted by atomic mass is 79.9. The Morgan fingerprint density at radius 2 is 2.26 bits per heavy atom. The molecule has 1 aromatic rings. The zero-order chi connectivity index (χ0) is 14.0. The minimum Gasteiger partial charge on any atom is -0.409 e. The van der Waals surface area contributed by atoms with Gasteiger partial charge in [0, 0.05) is 16.4 Å². The van der Waals surface area contributed by atoms with Crippen LogP contribution < -0.4 is 11.1 Å². The average Bonchev–Trinajstić information content (AvgIpc) is 2.96. The molecule has 4 N–H and O–H groups in total. The lowest BCUT2D eigenvalue weighted by molar-refractivity contribution is 0.0937. The maximum absolute atomic E-state index is 12.1. The summed E-state index contributed by atoms with van der Waals surface area (Å²) in [6.07, 6.45) is 2.64. The molecule has 0 aromatic carbocycles. The summed E-state index contributed by atoms with van der Waals surface area (Å²) in [6.45, 7) is 0. The van der Waals surface area contributed by atoms with Crippen molar-refractivity contribution >= 4 is 54.9 Å². The van der Waals surface area contributed by atoms with Gasteiger partial charge in [0.15, 0.2) is 0 Å². The van der Waals surface area contributed by atoms with E-state index in [9.17, 15) is 4.79 Å². The van der Waals surface area contributed by atoms with E-state index in [4.69, 9.17) is 10.9 Å². The van der Waals surface area contributed by atoms with Gasteiger partial charge in [0.25, 0.3) is 5.91 Å². The predicted molar refractivity (Wildman–Crippen MR) is 81.7 cm³/mol. The molecule has 1 heterocycles. The molecule has 1 amide bonds. The van der Waals surface area contributed by atoms with Crippen LogP contribution >= 0.6 is 43.2 Å². The molecule has 5 nitrogen and oxygen atoms in total. The first kappa shape index (κ1) is 14.8. The van der Waals surface area contributed by atoms with Crippen molar-refractivity contribution in [3.8, 4) is 0 Å². The van der Waals surface area contributed by atoms with E-state index in [-0.39, 0.29) is 23.7 Å². The summed E-state index contributed by atoms with van der Waals surface area (Å²) in [5.41, 5.74) is 5.65. The van der Waals surface area contributed by atoms with Crippen molar-refractivity contribution < 1.29 is 10.0 Å². The van der Waals surface area contributed by atoms with Crippen LogP contribution in [0.4, 0.5) is 0 Å². The van der Waals surface area contributed by atoms with E-state index in [0.717, 1.165) is 27.5 Å². The standard InChI is InChI=1S/C11H13Br2N3O2S/c12-6-4-8(19-9(6)13)11(17)15-7-3-1-2-5(7)10(14)16-18/h4-5,7,18H,1-3H2,(H2,14,16)(H,15,17). The van der Waals surface area contributed by atoms with Gasteiger partial charge in [-0.1, -0.05) is 11.6 Å². The molecule has 2 rings (SSSR count). The number of carbonyl (C=O) groups is 1. The Hall–Kier alpha value is -0.600. The Kier molecular flexibility index (Phi) is 4.86. The largest absolute Gasteiger partial charge is 0.409 e. The number of nitrogens with one attached hydrogen (secondary N) is 1. The molecule has 104 valence electrons. The van der Waals surface area contributed by atoms with Gasteiger partial charge in [-0.05, 0) is 50.8 Å². The molecule has 1 fully saturated rings. The SMILES string of the molecule is NC(=NO)C1CCCC1NC(=O)c1cc(Br)c(Br)s1. The van der Waals surface area contributed by atoms with Gasteiger partial charge in [-0.25, -0.2) is 0 Å². The van der Waals surface area contributed by atoms with Gasteiger partial charge in [-0.3, -0.25) is 4.79 Å². The lowest BCUT2D eigenvalue weighted by Gasteiger charge is -2.19. The molecule has 0 spiro atoms. The van der Waals surface area contributed by atoms with Crippen molar-refractivity contribution in [3.05, 3.63) is 19.2 Å². The van der Waals surface area contributed by atoms with E-state index < -0.39 is 0 Å². The summed E-state index contributed by atoms with van der Waals surface area (Å²) in [5, 5.41) is 14.8. The first-order valence-corrected chi connectivity index (χ1v) is 8.16. The van der Waals surface area contributed by atoms with Crippen molar-refractivity contribution in [2.45, 2.75) is 25.3 Å². The first-order chi connectivity index (χ1) is 9.02. The summed E-state index contributed by atoms with van der Waals surface area (Å²) in [7, 11) is 0. The van der Waals surface area contributed by atoms with Gasteiger partial charge in [-0.2, -0.15) is 0 Å². The average molecular weight is 411 g/mol. The minimum atomic E-state index is -0.126. The van der Waals surface area contributed by atoms with Gasteiger partial charge >= 0.3 is 0 Å². The van der Waals surface area contributed by atoms with Gasteiger partial charge in [-0.15, -0.1) is 11.3 Å². The van der Waals surface area contributed by atoms with Crippen molar-refractivity contribution in [1.29, 1.82) is 0 Å². The summed E-state index contributed by atoms with van der Waals surface area (Å²) in [5.74, 6) is -0.0174. The molecular weight excluding hydrogens is 398 g/mol. The molecule has 1 aliphatic carbocycles. The predicted octanol–water partition coefficient (Wildman–Crippen LogP) is 2.92. The number of amidine groups is 1. The Morgan fingerprint density at radius 3 is 2.84 bits per heavy atom. The van der Waals surface area contributed by atoms with Crippen LogP contribution in [0.15, 0.2) is 19.5 Å². The second-order valence-electron chi connectivity index (χ2n) is 4.37. The maximum atomic E-state index is 12.1. The molecule has 1 aliphatic rings. The summed E-state index contributed by atoms with van der Waals surface area (Å²) >= 11 is 8.09. The molecule has 0 bridgehead atoms. The number of carbonyl (C=O) groups excluding carboxylic acids is 1. The van der Waals surface area contributed by atoms with Crippen LogP contribution in [0.1, 0.15) is 28.9 Å². The van der Waals surface area contributed by atoms with Crippen LogP contribution in [0.2, 0.25) is 0 Å². The molecule has 1 saturated carbocycles. The molecule has 0 radical (unpaired) electrons. The maximum Gasteiger partial charge on any atom is 0.261 e. The Labute approximate surface area is 131 Å². The number of halogens is 2. The fourth-order valence-corrected chi connectivity index (χ4v) is 4.20. The topological polar surface area (TPSA) is 87.7 Å². The lowest BCUT2D eigenvalue weighted by Crippen LogP contribution is -2.42. The van der Waals surface area contributed by atoms with Crippen LogP contribution in [0.3, 0.4) is 0 Å².